The molecule has 0 aliphatic rings. The zero-order chi connectivity index (χ0) is 17.7. The smallest absolute Gasteiger partial charge is 0.326 e. The van der Waals surface area contributed by atoms with Gasteiger partial charge in [0, 0.05) is 5.69 Å². The Labute approximate surface area is 133 Å². The van der Waals surface area contributed by atoms with Crippen molar-refractivity contribution in [2.45, 2.75) is 18.2 Å². The molecule has 1 rings (SSSR count). The molecule has 0 radical (unpaired) electrons. The summed E-state index contributed by atoms with van der Waals surface area (Å²) in [4.78, 5) is 22.1. The third kappa shape index (κ3) is 7.32. The van der Waals surface area contributed by atoms with Gasteiger partial charge in [0.2, 0.25) is 5.91 Å². The van der Waals surface area contributed by atoms with Crippen LogP contribution in [0.25, 0.3) is 0 Å². The summed E-state index contributed by atoms with van der Waals surface area (Å²) in [6.45, 7) is 0.544. The summed E-state index contributed by atoms with van der Waals surface area (Å²) in [6, 6.07) is 5.08. The molecule has 0 bridgehead atoms. The van der Waals surface area contributed by atoms with Gasteiger partial charge in [0.25, 0.3) is 0 Å². The van der Waals surface area contributed by atoms with Crippen molar-refractivity contribution >= 4 is 37.6 Å². The lowest BCUT2D eigenvalue weighted by Crippen LogP contribution is -2.16. The Morgan fingerprint density at radius 1 is 1.13 bits per heavy atom. The number of nitrogens with one attached hydrogen (secondary N) is 1. The Morgan fingerprint density at radius 2 is 1.70 bits per heavy atom. The van der Waals surface area contributed by atoms with E-state index < -0.39 is 38.5 Å². The van der Waals surface area contributed by atoms with Gasteiger partial charge in [0.1, 0.15) is 5.78 Å². The van der Waals surface area contributed by atoms with Crippen LogP contribution in [-0.2, 0) is 34.0 Å². The fraction of sp³-hybridized carbons (Fsp3) is 0.333. The number of ketones is 1. The molecule has 2 N–H and O–H groups in total. The van der Waals surface area contributed by atoms with Gasteiger partial charge < -0.3 is 5.32 Å². The van der Waals surface area contributed by atoms with Crippen molar-refractivity contribution in [2.24, 2.45) is 0 Å². The molecule has 0 fully saturated rings. The Morgan fingerprint density at radius 3 is 2.17 bits per heavy atom. The van der Waals surface area contributed by atoms with Crippen molar-refractivity contribution in [1.82, 2.24) is 0 Å². The van der Waals surface area contributed by atoms with Gasteiger partial charge in [-0.3, -0.25) is 14.1 Å². The van der Waals surface area contributed by atoms with Gasteiger partial charge in [0.05, 0.1) is 23.7 Å². The number of carbonyl (C=O) groups excluding carboxylic acids is 2. The largest absolute Gasteiger partial charge is 0.397 e. The van der Waals surface area contributed by atoms with E-state index in [2.05, 4.69) is 9.50 Å². The first-order valence-corrected chi connectivity index (χ1v) is 9.25. The molecule has 1 amide bonds. The average Bonchev–Trinajstić information content (AvgIpc) is 2.36. The van der Waals surface area contributed by atoms with E-state index in [9.17, 15) is 26.4 Å². The van der Waals surface area contributed by atoms with Crippen LogP contribution in [0.1, 0.15) is 13.3 Å². The Balaban J connectivity index is 2.71. The summed E-state index contributed by atoms with van der Waals surface area (Å²) >= 11 is 0. The first-order chi connectivity index (χ1) is 10.5. The number of sulfone groups is 1. The number of amides is 1. The number of anilines is 1. The van der Waals surface area contributed by atoms with Crippen molar-refractivity contribution in [3.8, 4) is 0 Å². The van der Waals surface area contributed by atoms with E-state index in [4.69, 9.17) is 4.55 Å². The van der Waals surface area contributed by atoms with Crippen molar-refractivity contribution in [3.05, 3.63) is 24.3 Å². The molecule has 0 saturated carbocycles. The van der Waals surface area contributed by atoms with Gasteiger partial charge in [0.15, 0.2) is 9.84 Å². The van der Waals surface area contributed by atoms with Gasteiger partial charge in [-0.1, -0.05) is 0 Å². The molecule has 0 saturated heterocycles. The average molecular weight is 365 g/mol. The SMILES string of the molecule is CC(=O)CC(=O)Nc1ccc(S(=O)(=O)CCOS(=O)(=O)O)cc1. The minimum absolute atomic E-state index is 0.110. The van der Waals surface area contributed by atoms with Crippen LogP contribution in [0.3, 0.4) is 0 Å². The van der Waals surface area contributed by atoms with Gasteiger partial charge in [-0.25, -0.2) is 12.6 Å². The fourth-order valence-electron chi connectivity index (χ4n) is 1.54. The number of hydrogen-bond donors (Lipinski definition) is 2. The molecule has 0 spiro atoms. The maximum Gasteiger partial charge on any atom is 0.397 e. The number of rotatable bonds is 8. The number of hydrogen-bond acceptors (Lipinski definition) is 7. The Kier molecular flexibility index (Phi) is 6.38. The van der Waals surface area contributed by atoms with Crippen molar-refractivity contribution in [3.63, 3.8) is 0 Å². The van der Waals surface area contributed by atoms with E-state index in [1.165, 1.54) is 31.2 Å². The molecular weight excluding hydrogens is 350 g/mol. The summed E-state index contributed by atoms with van der Waals surface area (Å²) in [5, 5.41) is 2.42. The minimum atomic E-state index is -4.70. The molecule has 0 unspecified atom stereocenters. The van der Waals surface area contributed by atoms with E-state index in [0.717, 1.165) is 0 Å². The Hall–Kier alpha value is -1.82. The zero-order valence-electron chi connectivity index (χ0n) is 12.1. The highest BCUT2D eigenvalue weighted by Gasteiger charge is 2.16. The highest BCUT2D eigenvalue weighted by molar-refractivity contribution is 7.91. The lowest BCUT2D eigenvalue weighted by atomic mass is 10.2. The van der Waals surface area contributed by atoms with Crippen LogP contribution in [0.15, 0.2) is 29.2 Å². The maximum absolute atomic E-state index is 11.9. The summed E-state index contributed by atoms with van der Waals surface area (Å²) in [5.41, 5.74) is 0.310. The molecule has 11 heteroatoms. The van der Waals surface area contributed by atoms with Gasteiger partial charge in [-0.2, -0.15) is 8.42 Å². The molecule has 128 valence electrons. The van der Waals surface area contributed by atoms with Crippen LogP contribution in [0.5, 0.6) is 0 Å². The molecule has 23 heavy (non-hydrogen) atoms. The second-order valence-corrected chi connectivity index (χ2v) is 7.72. The van der Waals surface area contributed by atoms with Gasteiger partial charge >= 0.3 is 10.4 Å². The van der Waals surface area contributed by atoms with E-state index >= 15 is 0 Å². The number of Topliss-reactive ketones (excluding diaryl/α,β-unsaturated/α-hetero) is 1. The molecule has 0 atom stereocenters. The molecular formula is C12H15NO8S2. The highest BCUT2D eigenvalue weighted by atomic mass is 32.3. The van der Waals surface area contributed by atoms with Gasteiger partial charge in [-0.05, 0) is 31.2 Å². The maximum atomic E-state index is 11.9. The quantitative estimate of drug-likeness (QED) is 0.491. The lowest BCUT2D eigenvalue weighted by Gasteiger charge is -2.07. The van der Waals surface area contributed by atoms with Crippen molar-refractivity contribution < 1.29 is 35.2 Å². The topological polar surface area (TPSA) is 144 Å². The second-order valence-electron chi connectivity index (χ2n) is 4.52. The standard InChI is InChI=1S/C12H15NO8S2/c1-9(14)8-12(15)13-10-2-4-11(5-3-10)22(16,17)7-6-21-23(18,19)20/h2-5H,6-8H2,1H3,(H,13,15)(H,18,19,20). The van der Waals surface area contributed by atoms with E-state index in [0.29, 0.717) is 5.69 Å². The van der Waals surface area contributed by atoms with Crippen LogP contribution in [0.2, 0.25) is 0 Å². The highest BCUT2D eigenvalue weighted by Crippen LogP contribution is 2.16. The molecule has 0 aliphatic heterocycles. The Bertz CT molecular complexity index is 781. The van der Waals surface area contributed by atoms with Crippen LogP contribution in [0, 0.1) is 0 Å². The number of carbonyl (C=O) groups is 2. The van der Waals surface area contributed by atoms with Crippen molar-refractivity contribution in [1.29, 1.82) is 0 Å². The van der Waals surface area contributed by atoms with E-state index in [1.54, 1.807) is 0 Å². The summed E-state index contributed by atoms with van der Waals surface area (Å²) in [5.74, 6) is -1.47. The van der Waals surface area contributed by atoms with Crippen LogP contribution in [-0.4, -0.2) is 45.4 Å². The normalized spacial score (nSPS) is 11.9. The predicted molar refractivity (Wildman–Crippen MR) is 79.9 cm³/mol. The monoisotopic (exact) mass is 365 g/mol. The molecule has 1 aromatic rings. The third-order valence-electron chi connectivity index (χ3n) is 2.49. The summed E-state index contributed by atoms with van der Waals surface area (Å²) < 4.78 is 56.8. The molecule has 1 aromatic carbocycles. The second kappa shape index (κ2) is 7.64. The molecule has 9 nitrogen and oxygen atoms in total. The summed E-state index contributed by atoms with van der Waals surface area (Å²) in [7, 11) is -8.51. The minimum Gasteiger partial charge on any atom is -0.326 e. The predicted octanol–water partition coefficient (Wildman–Crippen LogP) is 0.197. The zero-order valence-corrected chi connectivity index (χ0v) is 13.7. The molecule has 0 aliphatic carbocycles. The fourth-order valence-corrected chi connectivity index (χ4v) is 3.03. The lowest BCUT2D eigenvalue weighted by molar-refractivity contribution is -0.124. The van der Waals surface area contributed by atoms with E-state index in [-0.39, 0.29) is 17.1 Å². The number of benzene rings is 1. The molecule has 0 heterocycles. The van der Waals surface area contributed by atoms with Crippen LogP contribution in [0.4, 0.5) is 5.69 Å². The van der Waals surface area contributed by atoms with Crippen LogP contribution < -0.4 is 5.32 Å². The first kappa shape index (κ1) is 19.2. The van der Waals surface area contributed by atoms with E-state index in [1.807, 2.05) is 0 Å². The van der Waals surface area contributed by atoms with Crippen molar-refractivity contribution in [2.75, 3.05) is 17.7 Å². The summed E-state index contributed by atoms with van der Waals surface area (Å²) in [6.07, 6.45) is -0.285. The molecule has 0 aromatic heterocycles. The van der Waals surface area contributed by atoms with Gasteiger partial charge in [-0.15, -0.1) is 0 Å². The van der Waals surface area contributed by atoms with Crippen LogP contribution >= 0.6 is 0 Å². The third-order valence-corrected chi connectivity index (χ3v) is 4.65. The first-order valence-electron chi connectivity index (χ1n) is 6.23.